The summed E-state index contributed by atoms with van der Waals surface area (Å²) < 4.78 is 0. The predicted octanol–water partition coefficient (Wildman–Crippen LogP) is 3.44. The highest BCUT2D eigenvalue weighted by Crippen LogP contribution is 2.22. The smallest absolute Gasteiger partial charge is 0.238 e. The number of rotatable bonds is 6. The number of nitrogens with two attached hydrogens (primary N) is 1. The lowest BCUT2D eigenvalue weighted by Gasteiger charge is -2.19. The number of amides is 1. The largest absolute Gasteiger partial charge is 0.397 e. The molecule has 0 atom stereocenters. The number of anilines is 2. The van der Waals surface area contributed by atoms with E-state index in [2.05, 4.69) is 16.3 Å². The monoisotopic (exact) mass is 323 g/mol. The molecule has 2 rings (SSSR count). The number of hydrogen-bond acceptors (Lipinski definition) is 4. The van der Waals surface area contributed by atoms with Crippen molar-refractivity contribution in [3.05, 3.63) is 45.6 Å². The van der Waals surface area contributed by atoms with E-state index in [-0.39, 0.29) is 5.91 Å². The molecule has 21 heavy (non-hydrogen) atoms. The van der Waals surface area contributed by atoms with Crippen LogP contribution in [0.5, 0.6) is 0 Å². The summed E-state index contributed by atoms with van der Waals surface area (Å²) >= 11 is 7.56. The number of carbonyl (C=O) groups excluding carboxylic acids is 1. The number of benzene rings is 1. The molecule has 6 heteroatoms. The number of halogens is 1. The molecule has 0 bridgehead atoms. The van der Waals surface area contributed by atoms with Crippen LogP contribution in [0.1, 0.15) is 11.8 Å². The van der Waals surface area contributed by atoms with Crippen molar-refractivity contribution in [2.45, 2.75) is 13.5 Å². The van der Waals surface area contributed by atoms with Crippen LogP contribution in [-0.4, -0.2) is 23.9 Å². The highest BCUT2D eigenvalue weighted by atomic mass is 35.5. The van der Waals surface area contributed by atoms with Crippen LogP contribution in [0.2, 0.25) is 5.02 Å². The third kappa shape index (κ3) is 4.74. The Kier molecular flexibility index (Phi) is 5.61. The lowest BCUT2D eigenvalue weighted by Crippen LogP contribution is -2.32. The van der Waals surface area contributed by atoms with Crippen LogP contribution in [-0.2, 0) is 11.3 Å². The molecule has 3 N–H and O–H groups in total. The molecule has 0 fully saturated rings. The Hall–Kier alpha value is -1.56. The molecule has 4 nitrogen and oxygen atoms in total. The van der Waals surface area contributed by atoms with Crippen LogP contribution in [0, 0.1) is 0 Å². The molecule has 112 valence electrons. The van der Waals surface area contributed by atoms with Crippen molar-refractivity contribution in [2.24, 2.45) is 0 Å². The Morgan fingerprint density at radius 3 is 2.86 bits per heavy atom. The van der Waals surface area contributed by atoms with E-state index in [1.165, 1.54) is 4.88 Å². The first-order chi connectivity index (χ1) is 10.1. The second-order valence-corrected chi connectivity index (χ2v) is 6.11. The fourth-order valence-corrected chi connectivity index (χ4v) is 2.79. The maximum atomic E-state index is 12.1. The van der Waals surface area contributed by atoms with E-state index in [1.807, 2.05) is 18.4 Å². The highest BCUT2D eigenvalue weighted by molar-refractivity contribution is 7.09. The minimum Gasteiger partial charge on any atom is -0.397 e. The first-order valence-electron chi connectivity index (χ1n) is 6.68. The quantitative estimate of drug-likeness (QED) is 0.801. The first-order valence-corrected chi connectivity index (χ1v) is 7.94. The van der Waals surface area contributed by atoms with E-state index < -0.39 is 0 Å². The molecular weight excluding hydrogens is 306 g/mol. The SMILES string of the molecule is CCN(CC(=O)Nc1ccc(Cl)c(N)c1)Cc1cccs1. The first kappa shape index (κ1) is 15.8. The van der Waals surface area contributed by atoms with E-state index in [0.29, 0.717) is 22.9 Å². The van der Waals surface area contributed by atoms with Crippen LogP contribution < -0.4 is 11.1 Å². The maximum absolute atomic E-state index is 12.1. The number of carbonyl (C=O) groups is 1. The number of likely N-dealkylation sites (N-methyl/N-ethyl adjacent to an activating group) is 1. The Morgan fingerprint density at radius 2 is 2.24 bits per heavy atom. The summed E-state index contributed by atoms with van der Waals surface area (Å²) in [5.41, 5.74) is 6.84. The van der Waals surface area contributed by atoms with Gasteiger partial charge in [-0.15, -0.1) is 11.3 Å². The second kappa shape index (κ2) is 7.45. The number of nitrogens with one attached hydrogen (secondary N) is 1. The van der Waals surface area contributed by atoms with Crippen LogP contribution >= 0.6 is 22.9 Å². The van der Waals surface area contributed by atoms with Gasteiger partial charge < -0.3 is 11.1 Å². The topological polar surface area (TPSA) is 58.4 Å². The number of nitrogens with zero attached hydrogens (tertiary/aromatic N) is 1. The molecule has 0 radical (unpaired) electrons. The number of hydrogen-bond donors (Lipinski definition) is 2. The molecule has 0 unspecified atom stereocenters. The van der Waals surface area contributed by atoms with E-state index in [9.17, 15) is 4.79 Å². The Labute approximate surface area is 133 Å². The molecule has 0 saturated heterocycles. The van der Waals surface area contributed by atoms with Crippen molar-refractivity contribution >= 4 is 40.2 Å². The summed E-state index contributed by atoms with van der Waals surface area (Å²) in [5, 5.41) is 5.37. The zero-order chi connectivity index (χ0) is 15.2. The molecule has 2 aromatic rings. The summed E-state index contributed by atoms with van der Waals surface area (Å²) in [4.78, 5) is 15.4. The van der Waals surface area contributed by atoms with Gasteiger partial charge in [-0.05, 0) is 36.2 Å². The van der Waals surface area contributed by atoms with Gasteiger partial charge in [0.25, 0.3) is 0 Å². The number of nitrogen functional groups attached to an aromatic ring is 1. The van der Waals surface area contributed by atoms with E-state index in [0.717, 1.165) is 13.1 Å². The van der Waals surface area contributed by atoms with Crippen molar-refractivity contribution in [1.29, 1.82) is 0 Å². The van der Waals surface area contributed by atoms with Gasteiger partial charge in [-0.25, -0.2) is 0 Å². The second-order valence-electron chi connectivity index (χ2n) is 4.67. The average Bonchev–Trinajstić information content (AvgIpc) is 2.95. The molecule has 1 aromatic heterocycles. The lowest BCUT2D eigenvalue weighted by atomic mass is 10.3. The van der Waals surface area contributed by atoms with Crippen LogP contribution in [0.3, 0.4) is 0 Å². The highest BCUT2D eigenvalue weighted by Gasteiger charge is 2.11. The molecule has 0 aliphatic heterocycles. The third-order valence-corrected chi connectivity index (χ3v) is 4.26. The van der Waals surface area contributed by atoms with Gasteiger partial charge in [0.05, 0.1) is 17.3 Å². The molecule has 0 saturated carbocycles. The lowest BCUT2D eigenvalue weighted by molar-refractivity contribution is -0.117. The summed E-state index contributed by atoms with van der Waals surface area (Å²) in [6.07, 6.45) is 0. The fourth-order valence-electron chi connectivity index (χ4n) is 1.93. The van der Waals surface area contributed by atoms with Gasteiger partial charge in [-0.3, -0.25) is 9.69 Å². The van der Waals surface area contributed by atoms with Crippen LogP contribution in [0.15, 0.2) is 35.7 Å². The van der Waals surface area contributed by atoms with Crippen LogP contribution in [0.25, 0.3) is 0 Å². The van der Waals surface area contributed by atoms with Gasteiger partial charge >= 0.3 is 0 Å². The molecular formula is C15H18ClN3OS. The average molecular weight is 324 g/mol. The van der Waals surface area contributed by atoms with Crippen molar-refractivity contribution in [3.8, 4) is 0 Å². The normalized spacial score (nSPS) is 10.8. The van der Waals surface area contributed by atoms with Crippen molar-refractivity contribution < 1.29 is 4.79 Å². The van der Waals surface area contributed by atoms with Gasteiger partial charge in [-0.2, -0.15) is 0 Å². The maximum Gasteiger partial charge on any atom is 0.238 e. The van der Waals surface area contributed by atoms with Gasteiger partial charge in [0.15, 0.2) is 0 Å². The zero-order valence-corrected chi connectivity index (χ0v) is 13.4. The van der Waals surface area contributed by atoms with E-state index in [1.54, 1.807) is 29.5 Å². The Bertz CT molecular complexity index is 601. The summed E-state index contributed by atoms with van der Waals surface area (Å²) in [6, 6.07) is 9.17. The van der Waals surface area contributed by atoms with Crippen molar-refractivity contribution in [2.75, 3.05) is 24.1 Å². The molecule has 0 aliphatic rings. The Morgan fingerprint density at radius 1 is 1.43 bits per heavy atom. The van der Waals surface area contributed by atoms with Gasteiger partial charge in [0.1, 0.15) is 0 Å². The summed E-state index contributed by atoms with van der Waals surface area (Å²) in [5.74, 6) is -0.0601. The summed E-state index contributed by atoms with van der Waals surface area (Å²) in [6.45, 7) is 3.98. The molecule has 1 heterocycles. The van der Waals surface area contributed by atoms with Crippen molar-refractivity contribution in [3.63, 3.8) is 0 Å². The molecule has 1 amide bonds. The zero-order valence-electron chi connectivity index (χ0n) is 11.8. The third-order valence-electron chi connectivity index (χ3n) is 3.05. The minimum atomic E-state index is -0.0601. The minimum absolute atomic E-state index is 0.0601. The Balaban J connectivity index is 1.91. The van der Waals surface area contributed by atoms with Crippen LogP contribution in [0.4, 0.5) is 11.4 Å². The number of thiophene rings is 1. The standard InChI is InChI=1S/C15H18ClN3OS/c1-2-19(9-12-4-3-7-21-12)10-15(20)18-11-5-6-13(16)14(17)8-11/h3-8H,2,9-10,17H2,1H3,(H,18,20). The molecule has 0 spiro atoms. The predicted molar refractivity (Wildman–Crippen MR) is 89.8 cm³/mol. The molecule has 0 aliphatic carbocycles. The van der Waals surface area contributed by atoms with Crippen molar-refractivity contribution in [1.82, 2.24) is 4.90 Å². The van der Waals surface area contributed by atoms with E-state index >= 15 is 0 Å². The van der Waals surface area contributed by atoms with Gasteiger partial charge in [0, 0.05) is 17.1 Å². The van der Waals surface area contributed by atoms with E-state index in [4.69, 9.17) is 17.3 Å². The van der Waals surface area contributed by atoms with Gasteiger partial charge in [-0.1, -0.05) is 24.6 Å². The molecule has 1 aromatic carbocycles. The summed E-state index contributed by atoms with van der Waals surface area (Å²) in [7, 11) is 0. The fraction of sp³-hybridized carbons (Fsp3) is 0.267. The van der Waals surface area contributed by atoms with Gasteiger partial charge in [0.2, 0.25) is 5.91 Å².